The molecule has 0 radical (unpaired) electrons. The Labute approximate surface area is 186 Å². The summed E-state index contributed by atoms with van der Waals surface area (Å²) in [5, 5.41) is 0. The third-order valence-electron chi connectivity index (χ3n) is 6.12. The Balaban J connectivity index is 1.24. The Morgan fingerprint density at radius 1 is 0.806 bits per heavy atom. The SMILES string of the molecule is O=C1CCC(=O)N1CCCN1CCN(C2=Nc3ccccc3Sc3ccccc32)CC1. The number of hydrogen-bond acceptors (Lipinski definition) is 6. The number of likely N-dealkylation sites (tertiary alicyclic amines) is 1. The van der Waals surface area contributed by atoms with E-state index in [4.69, 9.17) is 4.99 Å². The van der Waals surface area contributed by atoms with Crippen LogP contribution in [0.5, 0.6) is 0 Å². The second kappa shape index (κ2) is 8.85. The number of carbonyl (C=O) groups excluding carboxylic acids is 2. The standard InChI is InChI=1S/C24H26N4O2S/c29-22-10-11-23(30)28(22)13-5-12-26-14-16-27(17-15-26)24-18-6-1-3-8-20(18)31-21-9-4-2-7-19(21)25-24/h1-4,6-9H,5,10-17H2. The summed E-state index contributed by atoms with van der Waals surface area (Å²) in [5.41, 5.74) is 2.23. The van der Waals surface area contributed by atoms with Gasteiger partial charge in [-0.15, -0.1) is 0 Å². The van der Waals surface area contributed by atoms with E-state index in [1.54, 1.807) is 11.8 Å². The van der Waals surface area contributed by atoms with Gasteiger partial charge in [0, 0.05) is 60.9 Å². The number of nitrogens with zero attached hydrogens (tertiary/aromatic N) is 4. The average molecular weight is 435 g/mol. The van der Waals surface area contributed by atoms with Crippen LogP contribution in [0, 0.1) is 0 Å². The van der Waals surface area contributed by atoms with E-state index < -0.39 is 0 Å². The van der Waals surface area contributed by atoms with Crippen molar-refractivity contribution < 1.29 is 9.59 Å². The smallest absolute Gasteiger partial charge is 0.229 e. The molecule has 2 saturated heterocycles. The average Bonchev–Trinajstić information content (AvgIpc) is 3.02. The van der Waals surface area contributed by atoms with Crippen molar-refractivity contribution in [3.05, 3.63) is 54.1 Å². The molecular weight excluding hydrogens is 408 g/mol. The second-order valence-electron chi connectivity index (χ2n) is 8.12. The summed E-state index contributed by atoms with van der Waals surface area (Å²) in [5.74, 6) is 1.02. The first kappa shape index (κ1) is 20.3. The fourth-order valence-electron chi connectivity index (χ4n) is 4.42. The van der Waals surface area contributed by atoms with Crippen molar-refractivity contribution in [2.24, 2.45) is 4.99 Å². The van der Waals surface area contributed by atoms with Gasteiger partial charge in [-0.1, -0.05) is 42.1 Å². The predicted octanol–water partition coefficient (Wildman–Crippen LogP) is 3.39. The van der Waals surface area contributed by atoms with Crippen molar-refractivity contribution in [3.63, 3.8) is 0 Å². The number of aliphatic imine (C=N–C) groups is 1. The molecule has 3 aliphatic rings. The minimum Gasteiger partial charge on any atom is -0.354 e. The quantitative estimate of drug-likeness (QED) is 0.691. The van der Waals surface area contributed by atoms with Gasteiger partial charge >= 0.3 is 0 Å². The Hall–Kier alpha value is -2.64. The lowest BCUT2D eigenvalue weighted by Gasteiger charge is -2.37. The molecule has 0 aromatic heterocycles. The van der Waals surface area contributed by atoms with Gasteiger partial charge in [-0.2, -0.15) is 0 Å². The number of benzene rings is 2. The number of piperazine rings is 1. The maximum absolute atomic E-state index is 11.8. The van der Waals surface area contributed by atoms with E-state index >= 15 is 0 Å². The van der Waals surface area contributed by atoms with Crippen LogP contribution in [0.15, 0.2) is 63.3 Å². The molecule has 0 N–H and O–H groups in total. The van der Waals surface area contributed by atoms with Gasteiger partial charge in [-0.05, 0) is 31.2 Å². The third-order valence-corrected chi connectivity index (χ3v) is 7.26. The molecule has 2 fully saturated rings. The number of rotatable bonds is 4. The number of carbonyl (C=O) groups is 2. The van der Waals surface area contributed by atoms with Gasteiger partial charge in [0.05, 0.1) is 5.69 Å². The van der Waals surface area contributed by atoms with E-state index in [0.717, 1.165) is 50.7 Å². The zero-order valence-electron chi connectivity index (χ0n) is 17.5. The molecule has 2 amide bonds. The summed E-state index contributed by atoms with van der Waals surface area (Å²) in [6, 6.07) is 16.9. The van der Waals surface area contributed by atoms with Crippen LogP contribution in [0.4, 0.5) is 5.69 Å². The zero-order valence-corrected chi connectivity index (χ0v) is 18.3. The molecule has 7 heteroatoms. The van der Waals surface area contributed by atoms with Crippen LogP contribution >= 0.6 is 11.8 Å². The van der Waals surface area contributed by atoms with Crippen LogP contribution in [-0.4, -0.2) is 71.6 Å². The molecule has 0 aliphatic carbocycles. The summed E-state index contributed by atoms with van der Waals surface area (Å²) in [4.78, 5) is 37.3. The highest BCUT2D eigenvalue weighted by Gasteiger charge is 2.29. The molecule has 3 heterocycles. The molecule has 0 bridgehead atoms. The van der Waals surface area contributed by atoms with Crippen molar-refractivity contribution in [3.8, 4) is 0 Å². The van der Waals surface area contributed by atoms with Gasteiger partial charge in [-0.3, -0.25) is 19.4 Å². The molecule has 0 atom stereocenters. The van der Waals surface area contributed by atoms with E-state index in [1.807, 2.05) is 6.07 Å². The van der Waals surface area contributed by atoms with Gasteiger partial charge in [0.15, 0.2) is 0 Å². The topological polar surface area (TPSA) is 56.2 Å². The Kier molecular flexibility index (Phi) is 5.78. The first-order chi connectivity index (χ1) is 15.2. The summed E-state index contributed by atoms with van der Waals surface area (Å²) in [7, 11) is 0. The minimum atomic E-state index is -0.0157. The monoisotopic (exact) mass is 434 g/mol. The lowest BCUT2D eigenvalue weighted by atomic mass is 10.1. The molecule has 6 nitrogen and oxygen atoms in total. The van der Waals surface area contributed by atoms with Gasteiger partial charge in [-0.25, -0.2) is 4.99 Å². The molecular formula is C24H26N4O2S. The molecule has 160 valence electrons. The van der Waals surface area contributed by atoms with Gasteiger partial charge in [0.25, 0.3) is 0 Å². The molecule has 2 aromatic rings. The first-order valence-electron chi connectivity index (χ1n) is 10.9. The van der Waals surface area contributed by atoms with E-state index in [2.05, 4.69) is 52.3 Å². The number of hydrogen-bond donors (Lipinski definition) is 0. The summed E-state index contributed by atoms with van der Waals surface area (Å²) in [6.07, 6.45) is 1.59. The second-order valence-corrected chi connectivity index (χ2v) is 9.21. The van der Waals surface area contributed by atoms with Crippen LogP contribution in [0.25, 0.3) is 0 Å². The van der Waals surface area contributed by atoms with Crippen molar-refractivity contribution in [2.75, 3.05) is 39.3 Å². The number of imide groups is 1. The molecule has 0 saturated carbocycles. The molecule has 5 rings (SSSR count). The van der Waals surface area contributed by atoms with Crippen molar-refractivity contribution in [1.29, 1.82) is 0 Å². The van der Waals surface area contributed by atoms with Gasteiger partial charge in [0.1, 0.15) is 5.84 Å². The Morgan fingerprint density at radius 2 is 1.48 bits per heavy atom. The largest absolute Gasteiger partial charge is 0.354 e. The van der Waals surface area contributed by atoms with E-state index in [1.165, 1.54) is 20.3 Å². The van der Waals surface area contributed by atoms with Crippen LogP contribution in [-0.2, 0) is 9.59 Å². The molecule has 31 heavy (non-hydrogen) atoms. The van der Waals surface area contributed by atoms with Crippen molar-refractivity contribution in [2.45, 2.75) is 29.1 Å². The maximum atomic E-state index is 11.8. The minimum absolute atomic E-state index is 0.0157. The highest BCUT2D eigenvalue weighted by molar-refractivity contribution is 7.99. The fraction of sp³-hybridized carbons (Fsp3) is 0.375. The number of amidine groups is 1. The maximum Gasteiger partial charge on any atom is 0.229 e. The summed E-state index contributed by atoms with van der Waals surface area (Å²) in [6.45, 7) is 5.21. The summed E-state index contributed by atoms with van der Waals surface area (Å²) < 4.78 is 0. The molecule has 3 aliphatic heterocycles. The van der Waals surface area contributed by atoms with E-state index in [-0.39, 0.29) is 11.8 Å². The fourth-order valence-corrected chi connectivity index (χ4v) is 5.44. The highest BCUT2D eigenvalue weighted by atomic mass is 32.2. The number of amides is 2. The van der Waals surface area contributed by atoms with Crippen molar-refractivity contribution >= 4 is 35.1 Å². The lowest BCUT2D eigenvalue weighted by molar-refractivity contribution is -0.138. The number of para-hydroxylation sites is 1. The lowest BCUT2D eigenvalue weighted by Crippen LogP contribution is -2.49. The Morgan fingerprint density at radius 3 is 2.26 bits per heavy atom. The van der Waals surface area contributed by atoms with Gasteiger partial charge < -0.3 is 4.90 Å². The summed E-state index contributed by atoms with van der Waals surface area (Å²) >= 11 is 1.78. The molecule has 0 unspecified atom stereocenters. The van der Waals surface area contributed by atoms with Crippen LogP contribution in [0.2, 0.25) is 0 Å². The van der Waals surface area contributed by atoms with E-state index in [0.29, 0.717) is 19.4 Å². The molecule has 0 spiro atoms. The molecule has 2 aromatic carbocycles. The van der Waals surface area contributed by atoms with Crippen molar-refractivity contribution in [1.82, 2.24) is 14.7 Å². The van der Waals surface area contributed by atoms with Gasteiger partial charge in [0.2, 0.25) is 11.8 Å². The Bertz CT molecular complexity index is 1010. The number of fused-ring (bicyclic) bond motifs is 2. The van der Waals surface area contributed by atoms with E-state index in [9.17, 15) is 9.59 Å². The normalized spacial score (nSPS) is 19.2. The van der Waals surface area contributed by atoms with Crippen LogP contribution in [0.3, 0.4) is 0 Å². The van der Waals surface area contributed by atoms with Crippen LogP contribution < -0.4 is 0 Å². The first-order valence-corrected chi connectivity index (χ1v) is 11.8. The predicted molar refractivity (Wildman–Crippen MR) is 122 cm³/mol. The zero-order chi connectivity index (χ0) is 21.2. The highest BCUT2D eigenvalue weighted by Crippen LogP contribution is 2.40. The third kappa shape index (κ3) is 4.25. The van der Waals surface area contributed by atoms with Crippen LogP contribution in [0.1, 0.15) is 24.8 Å².